The van der Waals surface area contributed by atoms with Gasteiger partial charge >= 0.3 is 0 Å². The van der Waals surface area contributed by atoms with Crippen LogP contribution in [0, 0.1) is 0 Å². The fraction of sp³-hybridized carbons (Fsp3) is 0.480. The van der Waals surface area contributed by atoms with Crippen molar-refractivity contribution in [1.29, 1.82) is 0 Å². The van der Waals surface area contributed by atoms with E-state index in [0.717, 1.165) is 33.4 Å². The number of phenols is 1. The highest BCUT2D eigenvalue weighted by Gasteiger charge is 2.20. The Morgan fingerprint density at radius 1 is 0.679 bits per heavy atom. The maximum Gasteiger partial charge on any atom is 0.298 e. The smallest absolute Gasteiger partial charge is 0.298 e. The number of aromatic hydroxyl groups is 1. The fourth-order valence-corrected chi connectivity index (χ4v) is 3.61. The lowest BCUT2D eigenvalue weighted by Gasteiger charge is -2.22. The summed E-state index contributed by atoms with van der Waals surface area (Å²) < 4.78 is 5.40. The summed E-state index contributed by atoms with van der Waals surface area (Å²) in [7, 11) is 0. The van der Waals surface area contributed by atoms with Crippen LogP contribution in [-0.2, 0) is 4.79 Å². The minimum absolute atomic E-state index is 0.221. The van der Waals surface area contributed by atoms with Crippen molar-refractivity contribution in [2.24, 2.45) is 0 Å². The van der Waals surface area contributed by atoms with E-state index in [1.54, 1.807) is 0 Å². The summed E-state index contributed by atoms with van der Waals surface area (Å²) in [5.74, 6) is 1.98. The molecule has 0 radical (unpaired) electrons. The van der Waals surface area contributed by atoms with Crippen molar-refractivity contribution in [2.75, 3.05) is 0 Å². The Morgan fingerprint density at radius 2 is 1.00 bits per heavy atom. The quantitative estimate of drug-likeness (QED) is 0.520. The Morgan fingerprint density at radius 3 is 1.29 bits per heavy atom. The van der Waals surface area contributed by atoms with Gasteiger partial charge in [0.25, 0.3) is 6.47 Å². The van der Waals surface area contributed by atoms with Crippen LogP contribution in [-0.4, -0.2) is 11.6 Å². The first kappa shape index (κ1) is 22.0. The number of phenolic OH excluding ortho intramolecular Hbond substituents is 1. The summed E-state index contributed by atoms with van der Waals surface area (Å²) in [5.41, 5.74) is 6.16. The third-order valence-corrected chi connectivity index (χ3v) is 5.30. The van der Waals surface area contributed by atoms with Gasteiger partial charge in [0.2, 0.25) is 0 Å². The minimum Gasteiger partial charge on any atom is -0.507 e. The first-order valence-corrected chi connectivity index (χ1v) is 10.2. The Hall–Kier alpha value is -2.29. The zero-order valence-corrected chi connectivity index (χ0v) is 18.5. The van der Waals surface area contributed by atoms with Gasteiger partial charge in [-0.05, 0) is 81.3 Å². The molecule has 0 bridgehead atoms. The lowest BCUT2D eigenvalue weighted by Crippen LogP contribution is -2.04. The molecule has 1 N–H and O–H groups in total. The number of benzene rings is 2. The molecule has 2 rings (SSSR count). The van der Waals surface area contributed by atoms with Crippen LogP contribution in [0.3, 0.4) is 0 Å². The molecule has 0 amide bonds. The van der Waals surface area contributed by atoms with Gasteiger partial charge < -0.3 is 9.84 Å². The number of ether oxygens (including phenoxy) is 1. The van der Waals surface area contributed by atoms with Crippen LogP contribution in [0.5, 0.6) is 11.5 Å². The third kappa shape index (κ3) is 4.40. The van der Waals surface area contributed by atoms with Gasteiger partial charge in [-0.25, -0.2) is 0 Å². The summed E-state index contributed by atoms with van der Waals surface area (Å²) >= 11 is 0. The van der Waals surface area contributed by atoms with E-state index >= 15 is 0 Å². The molecule has 2 aromatic carbocycles. The number of rotatable bonds is 7. The largest absolute Gasteiger partial charge is 0.507 e. The molecule has 152 valence electrons. The highest BCUT2D eigenvalue weighted by Crippen LogP contribution is 2.42. The Kier molecular flexibility index (Phi) is 6.92. The van der Waals surface area contributed by atoms with Gasteiger partial charge in [-0.3, -0.25) is 4.79 Å². The van der Waals surface area contributed by atoms with Crippen molar-refractivity contribution in [1.82, 2.24) is 0 Å². The second-order valence-electron chi connectivity index (χ2n) is 8.82. The average Bonchev–Trinajstić information content (AvgIpc) is 2.61. The number of hydrogen-bond acceptors (Lipinski definition) is 3. The van der Waals surface area contributed by atoms with E-state index in [0.29, 0.717) is 18.0 Å². The fourth-order valence-electron chi connectivity index (χ4n) is 3.61. The van der Waals surface area contributed by atoms with Crippen molar-refractivity contribution in [3.8, 4) is 22.6 Å². The molecule has 28 heavy (non-hydrogen) atoms. The molecule has 0 saturated heterocycles. The molecule has 0 aliphatic heterocycles. The average molecular weight is 383 g/mol. The predicted molar refractivity (Wildman–Crippen MR) is 117 cm³/mol. The Balaban J connectivity index is 2.82. The van der Waals surface area contributed by atoms with E-state index in [9.17, 15) is 9.90 Å². The molecular formula is C25H34O3. The van der Waals surface area contributed by atoms with Gasteiger partial charge in [0.15, 0.2) is 0 Å². The summed E-state index contributed by atoms with van der Waals surface area (Å²) in [5, 5.41) is 10.7. The zero-order valence-electron chi connectivity index (χ0n) is 18.5. The van der Waals surface area contributed by atoms with Crippen LogP contribution in [0.4, 0.5) is 0 Å². The maximum absolute atomic E-state index is 11.1. The molecule has 0 spiro atoms. The van der Waals surface area contributed by atoms with E-state index in [2.05, 4.69) is 79.7 Å². The molecular weight excluding hydrogens is 348 g/mol. The number of carbonyl (C=O) groups excluding carboxylic acids is 1. The molecule has 3 nitrogen and oxygen atoms in total. The first-order valence-electron chi connectivity index (χ1n) is 10.2. The lowest BCUT2D eigenvalue weighted by atomic mass is 9.86. The molecule has 3 heteroatoms. The lowest BCUT2D eigenvalue weighted by molar-refractivity contribution is -0.120. The van der Waals surface area contributed by atoms with Crippen molar-refractivity contribution < 1.29 is 14.6 Å². The van der Waals surface area contributed by atoms with Crippen molar-refractivity contribution in [3.05, 3.63) is 46.5 Å². The molecule has 0 atom stereocenters. The second-order valence-corrected chi connectivity index (χ2v) is 8.82. The summed E-state index contributed by atoms with van der Waals surface area (Å²) in [6, 6.07) is 8.43. The summed E-state index contributed by atoms with van der Waals surface area (Å²) in [6.07, 6.45) is 0. The van der Waals surface area contributed by atoms with E-state index in [-0.39, 0.29) is 23.7 Å². The maximum atomic E-state index is 11.1. The highest BCUT2D eigenvalue weighted by molar-refractivity contribution is 5.72. The van der Waals surface area contributed by atoms with Crippen LogP contribution >= 0.6 is 0 Å². The predicted octanol–water partition coefficient (Wildman–Crippen LogP) is 7.09. The molecule has 0 heterocycles. The first-order chi connectivity index (χ1) is 13.1. The molecule has 0 aromatic heterocycles. The Labute approximate surface area is 169 Å². The normalized spacial score (nSPS) is 11.7. The second kappa shape index (κ2) is 8.81. The SMILES string of the molecule is CC(C)c1cc(-c2cc(C(C)C)c(OC=O)c(C(C)C)c2)cc(C(C)C)c1O. The number of carbonyl (C=O) groups is 1. The van der Waals surface area contributed by atoms with Crippen LogP contribution in [0.2, 0.25) is 0 Å². The highest BCUT2D eigenvalue weighted by atomic mass is 16.5. The van der Waals surface area contributed by atoms with Crippen molar-refractivity contribution >= 4 is 6.47 Å². The zero-order chi connectivity index (χ0) is 21.2. The van der Waals surface area contributed by atoms with E-state index < -0.39 is 0 Å². The van der Waals surface area contributed by atoms with Crippen LogP contribution < -0.4 is 4.74 Å². The molecule has 0 fully saturated rings. The van der Waals surface area contributed by atoms with Gasteiger partial charge in [0, 0.05) is 0 Å². The van der Waals surface area contributed by atoms with E-state index in [4.69, 9.17) is 4.74 Å². The molecule has 0 unspecified atom stereocenters. The number of hydrogen-bond donors (Lipinski definition) is 1. The van der Waals surface area contributed by atoms with Crippen molar-refractivity contribution in [3.63, 3.8) is 0 Å². The van der Waals surface area contributed by atoms with Gasteiger partial charge in [0.05, 0.1) is 0 Å². The van der Waals surface area contributed by atoms with Crippen LogP contribution in [0.15, 0.2) is 24.3 Å². The molecule has 0 aliphatic carbocycles. The van der Waals surface area contributed by atoms with Gasteiger partial charge in [-0.15, -0.1) is 0 Å². The van der Waals surface area contributed by atoms with Gasteiger partial charge in [-0.2, -0.15) is 0 Å². The summed E-state index contributed by atoms with van der Waals surface area (Å²) in [6.45, 7) is 17.3. The molecule has 0 aliphatic rings. The molecule has 2 aromatic rings. The van der Waals surface area contributed by atoms with E-state index in [1.807, 2.05) is 0 Å². The van der Waals surface area contributed by atoms with Gasteiger partial charge in [-0.1, -0.05) is 55.4 Å². The van der Waals surface area contributed by atoms with Gasteiger partial charge in [0.1, 0.15) is 11.5 Å². The van der Waals surface area contributed by atoms with Crippen LogP contribution in [0.25, 0.3) is 11.1 Å². The summed E-state index contributed by atoms with van der Waals surface area (Å²) in [4.78, 5) is 11.1. The van der Waals surface area contributed by atoms with Crippen LogP contribution in [0.1, 0.15) is 101 Å². The standard InChI is InChI=1S/C25H34O3/c1-14(2)20-9-18(10-21(15(3)4)24(20)27)19-11-22(16(5)6)25(28-13-26)23(12-19)17(7)8/h9-17,27H,1-8H3. The minimum atomic E-state index is 0.221. The Bertz CT molecular complexity index is 787. The molecule has 0 saturated carbocycles. The monoisotopic (exact) mass is 382 g/mol. The van der Waals surface area contributed by atoms with Crippen molar-refractivity contribution in [2.45, 2.75) is 79.1 Å². The topological polar surface area (TPSA) is 46.5 Å². The third-order valence-electron chi connectivity index (χ3n) is 5.30. The van der Waals surface area contributed by atoms with E-state index in [1.165, 1.54) is 0 Å².